The summed E-state index contributed by atoms with van der Waals surface area (Å²) in [5.74, 6) is 0. The molecule has 1 unspecified atom stereocenters. The van der Waals surface area contributed by atoms with E-state index in [1.165, 1.54) is 0 Å². The second-order valence-electron chi connectivity index (χ2n) is 1.91. The Bertz CT molecular complexity index is 112. The molecule has 1 atom stereocenters. The lowest BCUT2D eigenvalue weighted by Gasteiger charge is -1.90. The maximum absolute atomic E-state index is 4.10. The van der Waals surface area contributed by atoms with E-state index >= 15 is 0 Å². The minimum atomic E-state index is 0.759. The third-order valence-corrected chi connectivity index (χ3v) is 0.781. The molecule has 0 saturated carbocycles. The van der Waals surface area contributed by atoms with Crippen molar-refractivity contribution in [1.29, 1.82) is 0 Å². The summed E-state index contributed by atoms with van der Waals surface area (Å²) in [6, 6.07) is 0. The normalized spacial score (nSPS) is 11.6. The third-order valence-electron chi connectivity index (χ3n) is 0.598. The highest BCUT2D eigenvalue weighted by Gasteiger charge is 1.79. The van der Waals surface area contributed by atoms with Gasteiger partial charge in [-0.2, -0.15) is 0 Å². The van der Waals surface area contributed by atoms with Gasteiger partial charge >= 0.3 is 0 Å². The number of hydrogen-bond acceptors (Lipinski definition) is 1. The maximum Gasteiger partial charge on any atom is 0.0597 e. The molecule has 0 heterocycles. The summed E-state index contributed by atoms with van der Waals surface area (Å²) < 4.78 is 0. The van der Waals surface area contributed by atoms with Gasteiger partial charge in [-0.3, -0.25) is 4.99 Å². The van der Waals surface area contributed by atoms with Crippen molar-refractivity contribution < 1.29 is 0 Å². The van der Waals surface area contributed by atoms with Crippen LogP contribution in [0.4, 0.5) is 0 Å². The van der Waals surface area contributed by atoms with E-state index < -0.39 is 0 Å². The van der Waals surface area contributed by atoms with Crippen LogP contribution in [0, 0.1) is 0 Å². The van der Waals surface area contributed by atoms with Crippen LogP contribution < -0.4 is 0 Å². The summed E-state index contributed by atoms with van der Waals surface area (Å²) in [6.07, 6.45) is 0. The van der Waals surface area contributed by atoms with E-state index in [9.17, 15) is 0 Å². The highest BCUT2D eigenvalue weighted by molar-refractivity contribution is 7.40. The van der Waals surface area contributed by atoms with E-state index in [1.54, 1.807) is 0 Å². The summed E-state index contributed by atoms with van der Waals surface area (Å²) in [5, 5.41) is 0. The van der Waals surface area contributed by atoms with Gasteiger partial charge < -0.3 is 0 Å². The zero-order chi connectivity index (χ0) is 6.57. The molecular weight excluding hydrogens is 117 g/mol. The Morgan fingerprint density at radius 3 is 2.25 bits per heavy atom. The predicted octanol–water partition coefficient (Wildman–Crippen LogP) is 1.86. The monoisotopic (exact) mass is 129 g/mol. The van der Waals surface area contributed by atoms with Gasteiger partial charge in [0.25, 0.3) is 0 Å². The molecule has 0 radical (unpaired) electrons. The Morgan fingerprint density at radius 1 is 1.62 bits per heavy atom. The Balaban J connectivity index is 3.45. The van der Waals surface area contributed by atoms with Crippen molar-refractivity contribution in [3.63, 3.8) is 0 Å². The number of aliphatic imine (C=N–C) groups is 1. The van der Waals surface area contributed by atoms with E-state index in [1.807, 2.05) is 13.8 Å². The fraction of sp³-hybridized carbons (Fsp3) is 0.500. The highest BCUT2D eigenvalue weighted by atomic mass is 31.0. The van der Waals surface area contributed by atoms with Gasteiger partial charge in [0.1, 0.15) is 0 Å². The Hall–Kier alpha value is -0.160. The number of hydrogen-bond donors (Lipinski definition) is 0. The maximum atomic E-state index is 4.10. The zero-order valence-electron chi connectivity index (χ0n) is 5.44. The number of nitrogens with zero attached hydrogens (tertiary/aromatic N) is 1. The van der Waals surface area contributed by atoms with Crippen LogP contribution in [0.3, 0.4) is 0 Å². The lowest BCUT2D eigenvalue weighted by molar-refractivity contribution is 1.15. The Morgan fingerprint density at radius 2 is 2.12 bits per heavy atom. The molecule has 0 bridgehead atoms. The van der Waals surface area contributed by atoms with Crippen LogP contribution in [0.5, 0.6) is 0 Å². The molecule has 8 heavy (non-hydrogen) atoms. The molecule has 0 fully saturated rings. The van der Waals surface area contributed by atoms with Crippen molar-refractivity contribution in [2.75, 3.05) is 6.54 Å². The molecule has 1 nitrogen and oxygen atoms in total. The first-order chi connectivity index (χ1) is 3.63. The van der Waals surface area contributed by atoms with Crippen molar-refractivity contribution >= 4 is 14.7 Å². The smallest absolute Gasteiger partial charge is 0.0597 e. The van der Waals surface area contributed by atoms with Gasteiger partial charge in [0.2, 0.25) is 0 Å². The first-order valence-electron chi connectivity index (χ1n) is 2.54. The molecule has 0 saturated heterocycles. The molecule has 0 rings (SSSR count). The van der Waals surface area contributed by atoms with E-state index in [-0.39, 0.29) is 0 Å². The second-order valence-corrected chi connectivity index (χ2v) is 2.75. The van der Waals surface area contributed by atoms with E-state index in [0.717, 1.165) is 17.6 Å². The lowest BCUT2D eigenvalue weighted by Crippen LogP contribution is -1.82. The van der Waals surface area contributed by atoms with E-state index in [2.05, 4.69) is 20.8 Å². The van der Waals surface area contributed by atoms with Gasteiger partial charge in [0.15, 0.2) is 0 Å². The minimum Gasteiger partial charge on any atom is -0.286 e. The first kappa shape index (κ1) is 7.84. The molecule has 0 spiro atoms. The third kappa shape index (κ3) is 5.84. The SMILES string of the molecule is C=C(C)CN=C(C)P. The van der Waals surface area contributed by atoms with Crippen LogP contribution in [0.25, 0.3) is 0 Å². The van der Waals surface area contributed by atoms with Gasteiger partial charge in [0.05, 0.1) is 6.54 Å². The van der Waals surface area contributed by atoms with Crippen LogP contribution in [0.1, 0.15) is 13.8 Å². The molecule has 0 aromatic carbocycles. The van der Waals surface area contributed by atoms with Crippen LogP contribution in [-0.4, -0.2) is 12.0 Å². The standard InChI is InChI=1S/C6H12NP/c1-5(2)4-7-6(3)8/h1,4,8H2,2-3H3. The van der Waals surface area contributed by atoms with Crippen LogP contribution in [0.2, 0.25) is 0 Å². The topological polar surface area (TPSA) is 12.4 Å². The molecule has 0 aliphatic rings. The van der Waals surface area contributed by atoms with Gasteiger partial charge in [-0.15, -0.1) is 0 Å². The highest BCUT2D eigenvalue weighted by Crippen LogP contribution is 1.92. The molecule has 0 N–H and O–H groups in total. The van der Waals surface area contributed by atoms with Crippen molar-refractivity contribution in [2.24, 2.45) is 4.99 Å². The second kappa shape index (κ2) is 3.80. The quantitative estimate of drug-likeness (QED) is 0.306. The minimum absolute atomic E-state index is 0.759. The predicted molar refractivity (Wildman–Crippen MR) is 42.5 cm³/mol. The fourth-order valence-electron chi connectivity index (χ4n) is 0.260. The number of rotatable bonds is 2. The summed E-state index contributed by atoms with van der Waals surface area (Å²) in [6.45, 7) is 8.39. The summed E-state index contributed by atoms with van der Waals surface area (Å²) in [5.41, 5.74) is 2.14. The van der Waals surface area contributed by atoms with Gasteiger partial charge in [-0.25, -0.2) is 0 Å². The molecule has 0 aromatic rings. The van der Waals surface area contributed by atoms with Crippen LogP contribution >= 0.6 is 9.24 Å². The largest absolute Gasteiger partial charge is 0.286 e. The lowest BCUT2D eigenvalue weighted by atomic mass is 10.4. The summed E-state index contributed by atoms with van der Waals surface area (Å²) in [4.78, 5) is 4.10. The molecule has 0 aromatic heterocycles. The molecule has 0 aliphatic carbocycles. The summed E-state index contributed by atoms with van der Waals surface area (Å²) in [7, 11) is 2.53. The van der Waals surface area contributed by atoms with Gasteiger partial charge in [-0.1, -0.05) is 21.4 Å². The van der Waals surface area contributed by atoms with Crippen LogP contribution in [-0.2, 0) is 0 Å². The Labute approximate surface area is 53.1 Å². The first-order valence-corrected chi connectivity index (χ1v) is 3.11. The molecule has 46 valence electrons. The van der Waals surface area contributed by atoms with Crippen LogP contribution in [0.15, 0.2) is 17.1 Å². The molecule has 2 heteroatoms. The van der Waals surface area contributed by atoms with Crippen molar-refractivity contribution in [3.8, 4) is 0 Å². The van der Waals surface area contributed by atoms with Crippen molar-refractivity contribution in [3.05, 3.63) is 12.2 Å². The van der Waals surface area contributed by atoms with Crippen molar-refractivity contribution in [1.82, 2.24) is 0 Å². The average Bonchev–Trinajstić information content (AvgIpc) is 1.61. The molecule has 0 aliphatic heterocycles. The fourth-order valence-corrected chi connectivity index (χ4v) is 0.351. The average molecular weight is 129 g/mol. The van der Waals surface area contributed by atoms with E-state index in [4.69, 9.17) is 0 Å². The van der Waals surface area contributed by atoms with Gasteiger partial charge in [0, 0.05) is 5.45 Å². The van der Waals surface area contributed by atoms with Gasteiger partial charge in [-0.05, 0) is 13.8 Å². The van der Waals surface area contributed by atoms with Crippen molar-refractivity contribution in [2.45, 2.75) is 13.8 Å². The van der Waals surface area contributed by atoms with E-state index in [0.29, 0.717) is 0 Å². The summed E-state index contributed by atoms with van der Waals surface area (Å²) >= 11 is 0. The molecular formula is C6H12NP. The molecule has 0 amide bonds. The Kier molecular flexibility index (Phi) is 3.72. The zero-order valence-corrected chi connectivity index (χ0v) is 6.59.